The Balaban J connectivity index is 1.14. The molecule has 3 heteroatoms. The van der Waals surface area contributed by atoms with E-state index in [2.05, 4.69) is 169 Å². The first-order valence-electron chi connectivity index (χ1n) is 17.1. The van der Waals surface area contributed by atoms with Crippen LogP contribution < -0.4 is 4.90 Å². The summed E-state index contributed by atoms with van der Waals surface area (Å²) < 4.78 is 12.8. The van der Waals surface area contributed by atoms with Crippen LogP contribution in [-0.2, 0) is 5.41 Å². The highest BCUT2D eigenvalue weighted by molar-refractivity contribution is 6.14. The van der Waals surface area contributed by atoms with Gasteiger partial charge in [-0.25, -0.2) is 0 Å². The fourth-order valence-corrected chi connectivity index (χ4v) is 8.66. The average Bonchev–Trinajstić information content (AvgIpc) is 3.85. The van der Waals surface area contributed by atoms with Crippen molar-refractivity contribution in [1.82, 2.24) is 0 Å². The molecule has 0 fully saturated rings. The SMILES string of the molecule is c1ccc(C2(c3ccc(N(c4ccc5c(c4)oc4ccccc45)c4cccc5ccccc45)cc3)c3cccc4oc5cccc2c5c34)cc1. The summed E-state index contributed by atoms with van der Waals surface area (Å²) in [5, 5.41) is 7.05. The highest BCUT2D eigenvalue weighted by atomic mass is 16.3. The molecule has 2 heterocycles. The van der Waals surface area contributed by atoms with E-state index < -0.39 is 5.41 Å². The first-order valence-corrected chi connectivity index (χ1v) is 17.1. The molecule has 0 N–H and O–H groups in total. The zero-order valence-electron chi connectivity index (χ0n) is 27.0. The van der Waals surface area contributed by atoms with Crippen molar-refractivity contribution in [2.45, 2.75) is 5.41 Å². The summed E-state index contributed by atoms with van der Waals surface area (Å²) in [7, 11) is 0. The fourth-order valence-electron chi connectivity index (χ4n) is 8.66. The Hall–Kier alpha value is -6.58. The molecule has 10 aromatic rings. The van der Waals surface area contributed by atoms with Crippen LogP contribution in [0.2, 0.25) is 0 Å². The van der Waals surface area contributed by atoms with Crippen LogP contribution in [0.4, 0.5) is 17.1 Å². The van der Waals surface area contributed by atoms with E-state index in [-0.39, 0.29) is 0 Å². The fraction of sp³-hybridized carbons (Fsp3) is 0.0213. The minimum absolute atomic E-state index is 0.488. The molecule has 0 atom stereocenters. The van der Waals surface area contributed by atoms with Crippen LogP contribution in [0.1, 0.15) is 22.3 Å². The molecule has 0 saturated carbocycles. The largest absolute Gasteiger partial charge is 0.456 e. The summed E-state index contributed by atoms with van der Waals surface area (Å²) in [6.07, 6.45) is 0. The molecule has 0 aliphatic heterocycles. The number of rotatable bonds is 5. The van der Waals surface area contributed by atoms with Gasteiger partial charge in [-0.2, -0.15) is 0 Å². The zero-order valence-corrected chi connectivity index (χ0v) is 27.0. The van der Waals surface area contributed by atoms with Gasteiger partial charge in [0.2, 0.25) is 0 Å². The minimum Gasteiger partial charge on any atom is -0.456 e. The Bertz CT molecular complexity index is 2870. The first-order chi connectivity index (χ1) is 24.8. The van der Waals surface area contributed by atoms with E-state index in [1.165, 1.54) is 43.8 Å². The van der Waals surface area contributed by atoms with E-state index in [1.807, 2.05) is 12.1 Å². The molecule has 50 heavy (non-hydrogen) atoms. The van der Waals surface area contributed by atoms with E-state index in [0.717, 1.165) is 50.2 Å². The third-order valence-electron chi connectivity index (χ3n) is 10.7. The summed E-state index contributed by atoms with van der Waals surface area (Å²) in [5.41, 5.74) is 11.3. The predicted molar refractivity (Wildman–Crippen MR) is 205 cm³/mol. The van der Waals surface area contributed by atoms with Crippen LogP contribution in [-0.4, -0.2) is 0 Å². The lowest BCUT2D eigenvalue weighted by Gasteiger charge is -2.35. The molecule has 0 spiro atoms. The number of nitrogens with zero attached hydrogens (tertiary/aromatic N) is 1. The van der Waals surface area contributed by atoms with Crippen molar-refractivity contribution >= 4 is 71.7 Å². The maximum Gasteiger partial charge on any atom is 0.137 e. The number of hydrogen-bond donors (Lipinski definition) is 0. The van der Waals surface area contributed by atoms with Gasteiger partial charge in [-0.3, -0.25) is 0 Å². The van der Waals surface area contributed by atoms with Gasteiger partial charge >= 0.3 is 0 Å². The summed E-state index contributed by atoms with van der Waals surface area (Å²) in [5.74, 6) is 0. The van der Waals surface area contributed by atoms with Gasteiger partial charge in [0.15, 0.2) is 0 Å². The average molecular weight is 640 g/mol. The molecule has 0 amide bonds. The summed E-state index contributed by atoms with van der Waals surface area (Å²) in [6.45, 7) is 0. The topological polar surface area (TPSA) is 29.5 Å². The lowest BCUT2D eigenvalue weighted by molar-refractivity contribution is 0.663. The molecule has 234 valence electrons. The van der Waals surface area contributed by atoms with Crippen molar-refractivity contribution < 1.29 is 8.83 Å². The molecule has 1 aliphatic carbocycles. The second-order valence-electron chi connectivity index (χ2n) is 13.2. The van der Waals surface area contributed by atoms with Gasteiger partial charge in [0, 0.05) is 44.4 Å². The number of fused-ring (bicyclic) bond motifs is 4. The third kappa shape index (κ3) is 3.64. The minimum atomic E-state index is -0.488. The van der Waals surface area contributed by atoms with Gasteiger partial charge in [0.25, 0.3) is 0 Å². The van der Waals surface area contributed by atoms with Crippen LogP contribution in [0, 0.1) is 0 Å². The highest BCUT2D eigenvalue weighted by Gasteiger charge is 2.46. The lowest BCUT2D eigenvalue weighted by atomic mass is 9.67. The Morgan fingerprint density at radius 3 is 1.72 bits per heavy atom. The summed E-state index contributed by atoms with van der Waals surface area (Å²) >= 11 is 0. The van der Waals surface area contributed by atoms with Crippen LogP contribution in [0.25, 0.3) is 54.6 Å². The normalized spacial score (nSPS) is 13.4. The van der Waals surface area contributed by atoms with Crippen molar-refractivity contribution in [2.24, 2.45) is 0 Å². The van der Waals surface area contributed by atoms with Crippen LogP contribution in [0.5, 0.6) is 0 Å². The van der Waals surface area contributed by atoms with Crippen LogP contribution in [0.3, 0.4) is 0 Å². The maximum absolute atomic E-state index is 6.40. The van der Waals surface area contributed by atoms with Crippen molar-refractivity contribution in [2.75, 3.05) is 4.90 Å². The van der Waals surface area contributed by atoms with Gasteiger partial charge in [-0.15, -0.1) is 0 Å². The second kappa shape index (κ2) is 10.2. The number of furan rings is 2. The number of anilines is 3. The van der Waals surface area contributed by atoms with Crippen molar-refractivity contribution in [3.63, 3.8) is 0 Å². The molecule has 1 aliphatic rings. The zero-order chi connectivity index (χ0) is 32.8. The van der Waals surface area contributed by atoms with E-state index in [1.54, 1.807) is 0 Å². The van der Waals surface area contributed by atoms with Crippen molar-refractivity contribution in [3.8, 4) is 0 Å². The van der Waals surface area contributed by atoms with Gasteiger partial charge in [0.05, 0.1) is 11.1 Å². The number of benzene rings is 8. The smallest absolute Gasteiger partial charge is 0.137 e. The van der Waals surface area contributed by atoms with Gasteiger partial charge in [-0.1, -0.05) is 121 Å². The molecule has 0 unspecified atom stereocenters. The summed E-state index contributed by atoms with van der Waals surface area (Å²) in [4.78, 5) is 2.36. The van der Waals surface area contributed by atoms with Crippen molar-refractivity contribution in [1.29, 1.82) is 0 Å². The summed E-state index contributed by atoms with van der Waals surface area (Å²) in [6, 6.07) is 63.1. The van der Waals surface area contributed by atoms with Crippen LogP contribution in [0.15, 0.2) is 185 Å². The predicted octanol–water partition coefficient (Wildman–Crippen LogP) is 12.8. The molecule has 3 nitrogen and oxygen atoms in total. The Kier molecular flexibility index (Phi) is 5.59. The molecule has 0 saturated heterocycles. The molecular formula is C47H29NO2. The number of para-hydroxylation sites is 1. The monoisotopic (exact) mass is 639 g/mol. The van der Waals surface area contributed by atoms with Gasteiger partial charge in [0.1, 0.15) is 22.3 Å². The standard InChI is InChI=1S/C47H29NO2/c1-2-13-31(14-3-1)47(38-17-9-21-42-45(38)46-39(47)18-10-22-43(46)50-42)32-23-25-33(26-24-32)48(40-19-8-12-30-11-4-5-15-35(30)40)34-27-28-37-36-16-6-7-20-41(36)49-44(37)29-34/h1-29H. The first kappa shape index (κ1) is 27.4. The Morgan fingerprint density at radius 2 is 0.940 bits per heavy atom. The molecule has 0 bridgehead atoms. The molecule has 0 radical (unpaired) electrons. The molecular weight excluding hydrogens is 611 g/mol. The second-order valence-corrected chi connectivity index (χ2v) is 13.2. The third-order valence-corrected chi connectivity index (χ3v) is 10.7. The molecule has 8 aromatic carbocycles. The van der Waals surface area contributed by atoms with Gasteiger partial charge in [-0.05, 0) is 76.2 Å². The Morgan fingerprint density at radius 1 is 0.380 bits per heavy atom. The van der Waals surface area contributed by atoms with E-state index in [4.69, 9.17) is 8.83 Å². The maximum atomic E-state index is 6.40. The van der Waals surface area contributed by atoms with E-state index in [0.29, 0.717) is 0 Å². The highest BCUT2D eigenvalue weighted by Crippen LogP contribution is 2.57. The Labute approximate surface area is 288 Å². The molecule has 11 rings (SSSR count). The van der Waals surface area contributed by atoms with E-state index >= 15 is 0 Å². The van der Waals surface area contributed by atoms with Crippen LogP contribution >= 0.6 is 0 Å². The van der Waals surface area contributed by atoms with Crippen molar-refractivity contribution in [3.05, 3.63) is 198 Å². The van der Waals surface area contributed by atoms with Gasteiger partial charge < -0.3 is 13.7 Å². The quantitative estimate of drug-likeness (QED) is 0.188. The molecule has 2 aromatic heterocycles. The number of hydrogen-bond acceptors (Lipinski definition) is 3. The van der Waals surface area contributed by atoms with E-state index in [9.17, 15) is 0 Å². The lowest BCUT2D eigenvalue weighted by Crippen LogP contribution is -2.29.